The molecule has 0 heterocycles. The van der Waals surface area contributed by atoms with Crippen LogP contribution < -0.4 is 10.6 Å². The molecule has 0 saturated carbocycles. The number of nitrogens with one attached hydrogen (secondary N) is 2. The summed E-state index contributed by atoms with van der Waals surface area (Å²) in [7, 11) is 0. The van der Waals surface area contributed by atoms with Crippen molar-refractivity contribution in [2.75, 3.05) is 13.1 Å². The van der Waals surface area contributed by atoms with Gasteiger partial charge in [-0.2, -0.15) is 0 Å². The summed E-state index contributed by atoms with van der Waals surface area (Å²) in [5, 5.41) is 6.52. The van der Waals surface area contributed by atoms with Gasteiger partial charge in [0.15, 0.2) is 0 Å². The lowest BCUT2D eigenvalue weighted by molar-refractivity contribution is 0.0514. The number of rotatable bonds is 11. The van der Waals surface area contributed by atoms with Crippen LogP contribution in [0.5, 0.6) is 0 Å². The molecule has 1 amide bonds. The van der Waals surface area contributed by atoms with Crippen LogP contribution in [0.4, 0.5) is 4.79 Å². The van der Waals surface area contributed by atoms with Crippen LogP contribution in [0.3, 0.4) is 0 Å². The predicted octanol–water partition coefficient (Wildman–Crippen LogP) is 4.73. The van der Waals surface area contributed by atoms with Gasteiger partial charge in [0.05, 0.1) is 0 Å². The van der Waals surface area contributed by atoms with Crippen molar-refractivity contribution < 1.29 is 9.53 Å². The number of ether oxygens (including phenoxy) is 1. The first kappa shape index (κ1) is 22.2. The third-order valence-corrected chi connectivity index (χ3v) is 4.07. The van der Waals surface area contributed by atoms with Gasteiger partial charge in [-0.3, -0.25) is 0 Å². The predicted molar refractivity (Wildman–Crippen MR) is 98.8 cm³/mol. The van der Waals surface area contributed by atoms with Crippen LogP contribution in [-0.4, -0.2) is 30.8 Å². The molecule has 0 aliphatic heterocycles. The molecular weight excluding hydrogens is 288 g/mol. The summed E-state index contributed by atoms with van der Waals surface area (Å²) >= 11 is 0. The summed E-state index contributed by atoms with van der Waals surface area (Å²) < 4.78 is 5.30. The molecule has 0 bridgehead atoms. The number of hydrogen-bond donors (Lipinski definition) is 2. The largest absolute Gasteiger partial charge is 0.444 e. The Hall–Kier alpha value is -0.770. The number of unbranched alkanes of at least 4 members (excludes halogenated alkanes) is 3. The van der Waals surface area contributed by atoms with Crippen LogP contribution in [0.2, 0.25) is 0 Å². The lowest BCUT2D eigenvalue weighted by atomic mass is 9.95. The zero-order valence-corrected chi connectivity index (χ0v) is 16.5. The topological polar surface area (TPSA) is 50.4 Å². The first-order valence-electron chi connectivity index (χ1n) is 9.36. The van der Waals surface area contributed by atoms with Gasteiger partial charge in [-0.25, -0.2) is 4.79 Å². The summed E-state index contributed by atoms with van der Waals surface area (Å²) in [6.07, 6.45) is 6.15. The van der Waals surface area contributed by atoms with Crippen molar-refractivity contribution in [2.24, 2.45) is 11.8 Å². The Balaban J connectivity index is 4.05. The van der Waals surface area contributed by atoms with Gasteiger partial charge in [0.2, 0.25) is 0 Å². The summed E-state index contributed by atoms with van der Waals surface area (Å²) in [5.74, 6) is 0.935. The second-order valence-corrected chi connectivity index (χ2v) is 8.05. The van der Waals surface area contributed by atoms with Crippen LogP contribution in [0, 0.1) is 11.8 Å². The molecule has 0 aliphatic rings. The van der Waals surface area contributed by atoms with Crippen LogP contribution in [0.1, 0.15) is 80.6 Å². The van der Waals surface area contributed by atoms with E-state index in [9.17, 15) is 4.79 Å². The number of amides is 1. The van der Waals surface area contributed by atoms with E-state index >= 15 is 0 Å². The molecule has 0 aromatic rings. The van der Waals surface area contributed by atoms with E-state index in [1.54, 1.807) is 0 Å². The van der Waals surface area contributed by atoms with Crippen molar-refractivity contribution in [1.82, 2.24) is 10.6 Å². The van der Waals surface area contributed by atoms with Gasteiger partial charge in [0.25, 0.3) is 0 Å². The summed E-state index contributed by atoms with van der Waals surface area (Å²) in [4.78, 5) is 11.8. The van der Waals surface area contributed by atoms with Gasteiger partial charge in [-0.05, 0) is 46.0 Å². The zero-order chi connectivity index (χ0) is 17.9. The minimum atomic E-state index is -0.442. The molecule has 0 saturated heterocycles. The summed E-state index contributed by atoms with van der Waals surface area (Å²) in [6, 6.07) is 0.537. The fraction of sp³-hybridized carbons (Fsp3) is 0.947. The lowest BCUT2D eigenvalue weighted by Gasteiger charge is -2.25. The molecule has 2 unspecified atom stereocenters. The minimum Gasteiger partial charge on any atom is -0.444 e. The first-order valence-corrected chi connectivity index (χ1v) is 9.36. The Bertz CT molecular complexity index is 311. The standard InChI is InChI=1S/C19H40N2O2/c1-8-9-10-11-12-16(4)20-13-17(15(2)3)14-21-18(22)23-19(5,6)7/h15-17,20H,8-14H2,1-7H3,(H,21,22). The van der Waals surface area contributed by atoms with Gasteiger partial charge in [0.1, 0.15) is 5.60 Å². The third-order valence-electron chi connectivity index (χ3n) is 4.07. The third kappa shape index (κ3) is 13.4. The van der Waals surface area contributed by atoms with Crippen molar-refractivity contribution in [3.63, 3.8) is 0 Å². The molecule has 2 N–H and O–H groups in total. The fourth-order valence-electron chi connectivity index (χ4n) is 2.40. The Labute approximate surface area is 144 Å². The first-order chi connectivity index (χ1) is 10.7. The van der Waals surface area contributed by atoms with E-state index in [4.69, 9.17) is 4.74 Å². The Morgan fingerprint density at radius 2 is 1.70 bits per heavy atom. The van der Waals surface area contributed by atoms with Crippen molar-refractivity contribution >= 4 is 6.09 Å². The van der Waals surface area contributed by atoms with Crippen molar-refractivity contribution in [2.45, 2.75) is 92.2 Å². The van der Waals surface area contributed by atoms with Gasteiger partial charge in [0, 0.05) is 19.1 Å². The zero-order valence-electron chi connectivity index (χ0n) is 16.5. The number of hydrogen-bond acceptors (Lipinski definition) is 3. The molecule has 138 valence electrons. The Morgan fingerprint density at radius 3 is 2.22 bits per heavy atom. The SMILES string of the molecule is CCCCCCC(C)NCC(CNC(=O)OC(C)(C)C)C(C)C. The van der Waals surface area contributed by atoms with Crippen LogP contribution >= 0.6 is 0 Å². The molecule has 0 aliphatic carbocycles. The molecule has 4 nitrogen and oxygen atoms in total. The van der Waals surface area contributed by atoms with Crippen LogP contribution in [-0.2, 0) is 4.74 Å². The lowest BCUT2D eigenvalue weighted by Crippen LogP contribution is -2.41. The second-order valence-electron chi connectivity index (χ2n) is 8.05. The maximum atomic E-state index is 11.8. The van der Waals surface area contributed by atoms with Gasteiger partial charge in [-0.15, -0.1) is 0 Å². The van der Waals surface area contributed by atoms with E-state index in [0.29, 0.717) is 24.4 Å². The van der Waals surface area contributed by atoms with E-state index in [-0.39, 0.29) is 6.09 Å². The highest BCUT2D eigenvalue weighted by Crippen LogP contribution is 2.12. The maximum absolute atomic E-state index is 11.8. The number of carbonyl (C=O) groups is 1. The van der Waals surface area contributed by atoms with E-state index in [1.807, 2.05) is 20.8 Å². The highest BCUT2D eigenvalue weighted by Gasteiger charge is 2.19. The number of carbonyl (C=O) groups excluding carboxylic acids is 1. The molecule has 0 fully saturated rings. The highest BCUT2D eigenvalue weighted by molar-refractivity contribution is 5.67. The quantitative estimate of drug-likeness (QED) is 0.539. The van der Waals surface area contributed by atoms with Gasteiger partial charge < -0.3 is 15.4 Å². The molecule has 0 spiro atoms. The normalized spacial score (nSPS) is 14.6. The molecule has 23 heavy (non-hydrogen) atoms. The molecule has 0 radical (unpaired) electrons. The van der Waals surface area contributed by atoms with Crippen molar-refractivity contribution in [3.05, 3.63) is 0 Å². The molecule has 2 atom stereocenters. The number of alkyl carbamates (subject to hydrolysis) is 1. The average Bonchev–Trinajstić information content (AvgIpc) is 2.41. The Morgan fingerprint density at radius 1 is 1.04 bits per heavy atom. The fourth-order valence-corrected chi connectivity index (χ4v) is 2.40. The van der Waals surface area contributed by atoms with Gasteiger partial charge in [-0.1, -0.05) is 46.5 Å². The smallest absolute Gasteiger partial charge is 0.407 e. The van der Waals surface area contributed by atoms with Crippen LogP contribution in [0.15, 0.2) is 0 Å². The molecular formula is C19H40N2O2. The molecule has 0 rings (SSSR count). The van der Waals surface area contributed by atoms with E-state index in [2.05, 4.69) is 38.3 Å². The monoisotopic (exact) mass is 328 g/mol. The summed E-state index contributed by atoms with van der Waals surface area (Å²) in [5.41, 5.74) is -0.442. The molecule has 0 aromatic heterocycles. The highest BCUT2D eigenvalue weighted by atomic mass is 16.6. The van der Waals surface area contributed by atoms with Crippen molar-refractivity contribution in [1.29, 1.82) is 0 Å². The minimum absolute atomic E-state index is 0.323. The van der Waals surface area contributed by atoms with E-state index < -0.39 is 5.60 Å². The van der Waals surface area contributed by atoms with E-state index in [1.165, 1.54) is 32.1 Å². The van der Waals surface area contributed by atoms with Gasteiger partial charge >= 0.3 is 6.09 Å². The molecule has 4 heteroatoms. The molecule has 0 aromatic carbocycles. The van der Waals surface area contributed by atoms with E-state index in [0.717, 1.165) is 6.54 Å². The Kier molecular flexibility index (Phi) is 11.3. The summed E-state index contributed by atoms with van der Waals surface area (Å²) in [6.45, 7) is 16.1. The van der Waals surface area contributed by atoms with Crippen LogP contribution in [0.25, 0.3) is 0 Å². The maximum Gasteiger partial charge on any atom is 0.407 e. The van der Waals surface area contributed by atoms with Crippen molar-refractivity contribution in [3.8, 4) is 0 Å². The average molecular weight is 329 g/mol. The second kappa shape index (κ2) is 11.7.